The van der Waals surface area contributed by atoms with E-state index >= 15 is 0 Å². The maximum absolute atomic E-state index is 13.0. The Labute approximate surface area is 245 Å². The number of Topliss-reactive ketones (excluding diaryl/α,β-unsaturated/α-hetero) is 1. The van der Waals surface area contributed by atoms with Crippen LogP contribution in [0.15, 0.2) is 0 Å². The van der Waals surface area contributed by atoms with Crippen molar-refractivity contribution >= 4 is 35.6 Å². The molecular formula is C28H46O14. The number of hydrogen-bond donors (Lipinski definition) is 4. The Bertz CT molecular complexity index is 914. The predicted molar refractivity (Wildman–Crippen MR) is 146 cm³/mol. The number of esters is 1. The van der Waals surface area contributed by atoms with Gasteiger partial charge in [0.2, 0.25) is 0 Å². The molecule has 9 atom stereocenters. The summed E-state index contributed by atoms with van der Waals surface area (Å²) in [5, 5.41) is 40.2. The Balaban J connectivity index is 6.74. The highest BCUT2D eigenvalue weighted by Crippen LogP contribution is 2.35. The van der Waals surface area contributed by atoms with Crippen LogP contribution in [0.5, 0.6) is 0 Å². The summed E-state index contributed by atoms with van der Waals surface area (Å²) in [4.78, 5) is 75.0. The number of hydrogen-bond acceptors (Lipinski definition) is 10. The molecule has 242 valence electrons. The van der Waals surface area contributed by atoms with E-state index in [2.05, 4.69) is 0 Å². The number of rotatable bonds is 23. The molecule has 0 aromatic heterocycles. The van der Waals surface area contributed by atoms with E-state index in [0.717, 1.165) is 14.2 Å². The normalized spacial score (nSPS) is 17.9. The molecule has 0 heterocycles. The minimum absolute atomic E-state index is 0.0907. The number of ketones is 1. The lowest BCUT2D eigenvalue weighted by Gasteiger charge is -2.35. The molecule has 0 saturated heterocycles. The van der Waals surface area contributed by atoms with Gasteiger partial charge in [0.05, 0.1) is 54.5 Å². The molecule has 0 radical (unpaired) electrons. The van der Waals surface area contributed by atoms with E-state index in [1.54, 1.807) is 13.8 Å². The lowest BCUT2D eigenvalue weighted by atomic mass is 9.74. The van der Waals surface area contributed by atoms with Crippen molar-refractivity contribution in [3.63, 3.8) is 0 Å². The van der Waals surface area contributed by atoms with E-state index in [9.17, 15) is 49.2 Å². The van der Waals surface area contributed by atoms with Crippen LogP contribution in [-0.2, 0) is 47.7 Å². The Hall–Kier alpha value is -3.10. The van der Waals surface area contributed by atoms with Gasteiger partial charge in [-0.15, -0.1) is 0 Å². The monoisotopic (exact) mass is 606 g/mol. The standard InChI is InChI=1S/C28H46O14/c1-8-11-17(29)14(4)21(25(32)33)19(40-6)12-15(24(30)31)22(26(34)35)20(41-7)13-16(28(38)42-10-3)23(27(36)37)18(9-2)39-5/h14-16,18-23H,8-13H2,1-7H3,(H,30,31)(H,32,33)(H,34,35)(H,36,37). The number of carboxylic acid groups (broad SMARTS) is 4. The van der Waals surface area contributed by atoms with Crippen molar-refractivity contribution in [2.24, 2.45) is 35.5 Å². The Morgan fingerprint density at radius 2 is 1.05 bits per heavy atom. The maximum Gasteiger partial charge on any atom is 0.310 e. The third kappa shape index (κ3) is 10.6. The lowest BCUT2D eigenvalue weighted by Crippen LogP contribution is -2.47. The molecular weight excluding hydrogens is 560 g/mol. The lowest BCUT2D eigenvalue weighted by molar-refractivity contribution is -0.170. The largest absolute Gasteiger partial charge is 0.481 e. The average Bonchev–Trinajstić information content (AvgIpc) is 2.91. The molecule has 14 heteroatoms. The number of aliphatic carboxylic acids is 4. The van der Waals surface area contributed by atoms with Crippen LogP contribution >= 0.6 is 0 Å². The second kappa shape index (κ2) is 19.2. The molecule has 0 rings (SSSR count). The maximum atomic E-state index is 13.0. The zero-order valence-corrected chi connectivity index (χ0v) is 25.3. The summed E-state index contributed by atoms with van der Waals surface area (Å²) in [5.74, 6) is -16.6. The molecule has 0 aromatic carbocycles. The van der Waals surface area contributed by atoms with Crippen LogP contribution in [0.2, 0.25) is 0 Å². The first-order valence-electron chi connectivity index (χ1n) is 13.9. The van der Waals surface area contributed by atoms with Crippen molar-refractivity contribution in [3.8, 4) is 0 Å². The summed E-state index contributed by atoms with van der Waals surface area (Å²) in [7, 11) is 3.48. The second-order valence-electron chi connectivity index (χ2n) is 10.1. The van der Waals surface area contributed by atoms with E-state index in [1.807, 2.05) is 0 Å². The first-order chi connectivity index (χ1) is 19.7. The van der Waals surface area contributed by atoms with Gasteiger partial charge < -0.3 is 39.4 Å². The van der Waals surface area contributed by atoms with Crippen molar-refractivity contribution in [1.82, 2.24) is 0 Å². The smallest absolute Gasteiger partial charge is 0.310 e. The minimum Gasteiger partial charge on any atom is -0.481 e. The average molecular weight is 607 g/mol. The quantitative estimate of drug-likeness (QED) is 0.123. The highest BCUT2D eigenvalue weighted by Gasteiger charge is 2.48. The summed E-state index contributed by atoms with van der Waals surface area (Å²) in [6.07, 6.45) is -4.34. The van der Waals surface area contributed by atoms with Crippen molar-refractivity contribution < 1.29 is 68.1 Å². The number of methoxy groups -OCH3 is 3. The SMILES string of the molecule is CCCC(=O)C(C)C(C(=O)O)C(CC(C(=O)O)C(C(=O)O)C(CC(C(=O)OCC)C(C(=O)O)C(CC)OC)OC)OC. The van der Waals surface area contributed by atoms with Crippen molar-refractivity contribution in [1.29, 1.82) is 0 Å². The zero-order chi connectivity index (χ0) is 32.7. The highest BCUT2D eigenvalue weighted by atomic mass is 16.5. The fourth-order valence-corrected chi connectivity index (χ4v) is 5.44. The van der Waals surface area contributed by atoms with Crippen molar-refractivity contribution in [2.45, 2.75) is 78.1 Å². The van der Waals surface area contributed by atoms with Crippen LogP contribution < -0.4 is 0 Å². The summed E-state index contributed by atoms with van der Waals surface area (Å²) < 4.78 is 21.1. The molecule has 9 unspecified atom stereocenters. The molecule has 42 heavy (non-hydrogen) atoms. The second-order valence-corrected chi connectivity index (χ2v) is 10.1. The van der Waals surface area contributed by atoms with Crippen molar-refractivity contribution in [2.75, 3.05) is 27.9 Å². The molecule has 4 N–H and O–H groups in total. The van der Waals surface area contributed by atoms with E-state index in [4.69, 9.17) is 18.9 Å². The van der Waals surface area contributed by atoms with Gasteiger partial charge in [-0.25, -0.2) is 0 Å². The van der Waals surface area contributed by atoms with Crippen LogP contribution in [-0.4, -0.2) is 102 Å². The van der Waals surface area contributed by atoms with E-state index in [0.29, 0.717) is 6.42 Å². The predicted octanol–water partition coefficient (Wildman–Crippen LogP) is 2.21. The number of ether oxygens (including phenoxy) is 4. The van der Waals surface area contributed by atoms with E-state index in [-0.39, 0.29) is 25.2 Å². The van der Waals surface area contributed by atoms with E-state index in [1.165, 1.54) is 21.0 Å². The van der Waals surface area contributed by atoms with Crippen LogP contribution in [0.4, 0.5) is 0 Å². The first-order valence-corrected chi connectivity index (χ1v) is 13.9. The van der Waals surface area contributed by atoms with Gasteiger partial charge in [0.25, 0.3) is 0 Å². The molecule has 0 saturated carbocycles. The van der Waals surface area contributed by atoms with Crippen LogP contribution in [0.25, 0.3) is 0 Å². The fourth-order valence-electron chi connectivity index (χ4n) is 5.44. The van der Waals surface area contributed by atoms with Gasteiger partial charge in [-0.2, -0.15) is 0 Å². The molecule has 0 aliphatic heterocycles. The first kappa shape index (κ1) is 38.9. The number of carbonyl (C=O) groups excluding carboxylic acids is 2. The molecule has 0 amide bonds. The summed E-state index contributed by atoms with van der Waals surface area (Å²) in [6.45, 7) is 6.16. The molecule has 0 spiro atoms. The van der Waals surface area contributed by atoms with Gasteiger partial charge in [-0.05, 0) is 32.6 Å². The van der Waals surface area contributed by atoms with E-state index < -0.39 is 96.5 Å². The minimum atomic E-state index is -1.88. The Morgan fingerprint density at radius 3 is 1.40 bits per heavy atom. The molecule has 0 aliphatic rings. The van der Waals surface area contributed by atoms with Crippen molar-refractivity contribution in [3.05, 3.63) is 0 Å². The highest BCUT2D eigenvalue weighted by molar-refractivity contribution is 5.86. The third-order valence-electron chi connectivity index (χ3n) is 7.66. The van der Waals surface area contributed by atoms with Crippen LogP contribution in [0.1, 0.15) is 59.8 Å². The Morgan fingerprint density at radius 1 is 0.619 bits per heavy atom. The van der Waals surface area contributed by atoms with Crippen LogP contribution in [0.3, 0.4) is 0 Å². The van der Waals surface area contributed by atoms with Gasteiger partial charge in [0, 0.05) is 33.7 Å². The van der Waals surface area contributed by atoms with Gasteiger partial charge in [0.15, 0.2) is 0 Å². The molecule has 14 nitrogen and oxygen atoms in total. The molecule has 0 aromatic rings. The topological polar surface area (TPSA) is 220 Å². The molecule has 0 bridgehead atoms. The number of carboxylic acids is 4. The molecule has 0 aliphatic carbocycles. The van der Waals surface area contributed by atoms with Crippen LogP contribution in [0, 0.1) is 35.5 Å². The van der Waals surface area contributed by atoms with Gasteiger partial charge in [0.1, 0.15) is 5.78 Å². The zero-order valence-electron chi connectivity index (χ0n) is 25.3. The third-order valence-corrected chi connectivity index (χ3v) is 7.66. The number of carbonyl (C=O) groups is 6. The van der Waals surface area contributed by atoms with Gasteiger partial charge in [-0.1, -0.05) is 20.8 Å². The van der Waals surface area contributed by atoms with Gasteiger partial charge >= 0.3 is 29.8 Å². The summed E-state index contributed by atoms with van der Waals surface area (Å²) >= 11 is 0. The fraction of sp³-hybridized carbons (Fsp3) is 0.786. The Kier molecular flexibility index (Phi) is 17.7. The summed E-state index contributed by atoms with van der Waals surface area (Å²) in [5.41, 5.74) is 0. The molecule has 0 fully saturated rings. The summed E-state index contributed by atoms with van der Waals surface area (Å²) in [6, 6.07) is 0. The van der Waals surface area contributed by atoms with Gasteiger partial charge in [-0.3, -0.25) is 28.8 Å².